The van der Waals surface area contributed by atoms with Crippen LogP contribution in [-0.4, -0.2) is 44.7 Å². The minimum Gasteiger partial charge on any atom is -0.469 e. The van der Waals surface area contributed by atoms with Crippen LogP contribution in [0, 0.1) is 17.3 Å². The highest BCUT2D eigenvalue weighted by atomic mass is 16.7. The van der Waals surface area contributed by atoms with Gasteiger partial charge in [-0.3, -0.25) is 9.59 Å². The number of hydrogen-bond donors (Lipinski definition) is 0. The molecule has 0 N–H and O–H groups in total. The summed E-state index contributed by atoms with van der Waals surface area (Å²) in [4.78, 5) is 24.6. The average molecular weight is 382 g/mol. The number of rotatable bonds is 9. The predicted octanol–water partition coefficient (Wildman–Crippen LogP) is 3.63. The molecule has 0 saturated carbocycles. The SMILES string of the molecule is CCOC(=O)CC1CCC=C1C(CC(C)(C)CC1(C)OCCO1)C(=O)OC. The van der Waals surface area contributed by atoms with E-state index in [0.717, 1.165) is 18.4 Å². The number of methoxy groups -OCH3 is 1. The van der Waals surface area contributed by atoms with Gasteiger partial charge in [0.05, 0.1) is 39.3 Å². The molecule has 6 nitrogen and oxygen atoms in total. The van der Waals surface area contributed by atoms with Crippen molar-refractivity contribution >= 4 is 11.9 Å². The van der Waals surface area contributed by atoms with Crippen molar-refractivity contribution in [1.29, 1.82) is 0 Å². The summed E-state index contributed by atoms with van der Waals surface area (Å²) in [5, 5.41) is 0. The zero-order chi connectivity index (χ0) is 20.1. The minimum absolute atomic E-state index is 0.0403. The van der Waals surface area contributed by atoms with Gasteiger partial charge in [0.25, 0.3) is 0 Å². The summed E-state index contributed by atoms with van der Waals surface area (Å²) in [7, 11) is 1.42. The zero-order valence-corrected chi connectivity index (χ0v) is 17.3. The molecule has 0 amide bonds. The van der Waals surface area contributed by atoms with E-state index in [1.807, 2.05) is 6.92 Å². The van der Waals surface area contributed by atoms with Crippen molar-refractivity contribution in [2.75, 3.05) is 26.9 Å². The quantitative estimate of drug-likeness (QED) is 0.448. The van der Waals surface area contributed by atoms with Gasteiger partial charge in [-0.2, -0.15) is 0 Å². The topological polar surface area (TPSA) is 71.1 Å². The van der Waals surface area contributed by atoms with Gasteiger partial charge in [0.1, 0.15) is 0 Å². The summed E-state index contributed by atoms with van der Waals surface area (Å²) in [6.07, 6.45) is 5.46. The van der Waals surface area contributed by atoms with Crippen LogP contribution in [0.4, 0.5) is 0 Å². The van der Waals surface area contributed by atoms with Crippen LogP contribution in [0.3, 0.4) is 0 Å². The lowest BCUT2D eigenvalue weighted by molar-refractivity contribution is -0.167. The fourth-order valence-electron chi connectivity index (χ4n) is 4.48. The Morgan fingerprint density at radius 2 is 2.00 bits per heavy atom. The summed E-state index contributed by atoms with van der Waals surface area (Å²) in [5.41, 5.74) is 0.817. The number of ether oxygens (including phenoxy) is 4. The Hall–Kier alpha value is -1.40. The monoisotopic (exact) mass is 382 g/mol. The molecular weight excluding hydrogens is 348 g/mol. The first-order valence-electron chi connectivity index (χ1n) is 9.91. The molecule has 6 heteroatoms. The van der Waals surface area contributed by atoms with E-state index in [4.69, 9.17) is 18.9 Å². The largest absolute Gasteiger partial charge is 0.469 e. The normalized spacial score (nSPS) is 23.0. The van der Waals surface area contributed by atoms with E-state index in [2.05, 4.69) is 19.9 Å². The van der Waals surface area contributed by atoms with E-state index in [-0.39, 0.29) is 29.2 Å². The number of hydrogen-bond acceptors (Lipinski definition) is 6. The van der Waals surface area contributed by atoms with E-state index in [1.165, 1.54) is 7.11 Å². The number of carbonyl (C=O) groups is 2. The van der Waals surface area contributed by atoms with E-state index < -0.39 is 5.79 Å². The first-order chi connectivity index (χ1) is 12.7. The van der Waals surface area contributed by atoms with Crippen molar-refractivity contribution in [1.82, 2.24) is 0 Å². The fraction of sp³-hybridized carbons (Fsp3) is 0.810. The molecule has 1 aliphatic carbocycles. The highest BCUT2D eigenvalue weighted by Gasteiger charge is 2.42. The summed E-state index contributed by atoms with van der Waals surface area (Å²) in [5.74, 6) is -1.39. The second kappa shape index (κ2) is 9.20. The Kier molecular flexibility index (Phi) is 7.46. The lowest BCUT2D eigenvalue weighted by Gasteiger charge is -2.36. The third-order valence-corrected chi connectivity index (χ3v) is 5.43. The zero-order valence-electron chi connectivity index (χ0n) is 17.3. The Morgan fingerprint density at radius 3 is 2.59 bits per heavy atom. The molecule has 0 spiro atoms. The lowest BCUT2D eigenvalue weighted by Crippen LogP contribution is -2.36. The van der Waals surface area contributed by atoms with Crippen LogP contribution in [0.25, 0.3) is 0 Å². The van der Waals surface area contributed by atoms with Gasteiger partial charge in [-0.1, -0.05) is 25.5 Å². The second-order valence-corrected chi connectivity index (χ2v) is 8.44. The van der Waals surface area contributed by atoms with Crippen LogP contribution in [0.1, 0.15) is 59.8 Å². The van der Waals surface area contributed by atoms with Crippen molar-refractivity contribution in [3.05, 3.63) is 11.6 Å². The molecule has 0 aromatic heterocycles. The van der Waals surface area contributed by atoms with Gasteiger partial charge in [0, 0.05) is 6.42 Å². The third-order valence-electron chi connectivity index (χ3n) is 5.43. The van der Waals surface area contributed by atoms with Gasteiger partial charge in [-0.25, -0.2) is 0 Å². The summed E-state index contributed by atoms with van der Waals surface area (Å²) >= 11 is 0. The Labute approximate surface area is 162 Å². The van der Waals surface area contributed by atoms with Crippen LogP contribution in [-0.2, 0) is 28.5 Å². The maximum absolute atomic E-state index is 12.6. The van der Waals surface area contributed by atoms with E-state index in [0.29, 0.717) is 39.1 Å². The van der Waals surface area contributed by atoms with Gasteiger partial charge in [0.2, 0.25) is 0 Å². The van der Waals surface area contributed by atoms with E-state index in [1.54, 1.807) is 6.92 Å². The molecule has 154 valence electrons. The molecule has 1 aliphatic heterocycles. The minimum atomic E-state index is -0.613. The molecule has 1 saturated heterocycles. The highest BCUT2D eigenvalue weighted by molar-refractivity contribution is 5.77. The number of carbonyl (C=O) groups excluding carboxylic acids is 2. The Morgan fingerprint density at radius 1 is 1.33 bits per heavy atom. The van der Waals surface area contributed by atoms with Crippen LogP contribution in [0.5, 0.6) is 0 Å². The molecule has 2 unspecified atom stereocenters. The fourth-order valence-corrected chi connectivity index (χ4v) is 4.48. The van der Waals surface area contributed by atoms with Gasteiger partial charge in [0.15, 0.2) is 5.79 Å². The Bertz CT molecular complexity index is 559. The van der Waals surface area contributed by atoms with Crippen molar-refractivity contribution in [3.8, 4) is 0 Å². The summed E-state index contributed by atoms with van der Waals surface area (Å²) < 4.78 is 21.7. The molecule has 0 aromatic carbocycles. The molecule has 27 heavy (non-hydrogen) atoms. The first kappa shape index (κ1) is 21.9. The maximum Gasteiger partial charge on any atom is 0.312 e. The second-order valence-electron chi connectivity index (χ2n) is 8.44. The summed E-state index contributed by atoms with van der Waals surface area (Å²) in [6, 6.07) is 0. The van der Waals surface area contributed by atoms with Crippen LogP contribution >= 0.6 is 0 Å². The average Bonchev–Trinajstić information content (AvgIpc) is 3.20. The van der Waals surface area contributed by atoms with Gasteiger partial charge in [-0.05, 0) is 44.4 Å². The van der Waals surface area contributed by atoms with Gasteiger partial charge >= 0.3 is 11.9 Å². The smallest absolute Gasteiger partial charge is 0.312 e. The van der Waals surface area contributed by atoms with Crippen LogP contribution in [0.2, 0.25) is 0 Å². The highest BCUT2D eigenvalue weighted by Crippen LogP contribution is 2.43. The number of allylic oxidation sites excluding steroid dienone is 1. The first-order valence-corrected chi connectivity index (χ1v) is 9.91. The van der Waals surface area contributed by atoms with Crippen LogP contribution in [0.15, 0.2) is 11.6 Å². The van der Waals surface area contributed by atoms with Crippen molar-refractivity contribution < 1.29 is 28.5 Å². The predicted molar refractivity (Wildman–Crippen MR) is 101 cm³/mol. The van der Waals surface area contributed by atoms with Crippen molar-refractivity contribution in [2.24, 2.45) is 17.3 Å². The van der Waals surface area contributed by atoms with Gasteiger partial charge in [-0.15, -0.1) is 0 Å². The molecular formula is C21H34O6. The molecule has 2 atom stereocenters. The molecule has 1 fully saturated rings. The van der Waals surface area contributed by atoms with E-state index >= 15 is 0 Å². The molecule has 0 radical (unpaired) electrons. The Balaban J connectivity index is 2.12. The summed E-state index contributed by atoms with van der Waals surface area (Å²) in [6.45, 7) is 9.56. The van der Waals surface area contributed by atoms with Crippen molar-refractivity contribution in [3.63, 3.8) is 0 Å². The molecule has 0 aromatic rings. The van der Waals surface area contributed by atoms with Crippen LogP contribution < -0.4 is 0 Å². The lowest BCUT2D eigenvalue weighted by atomic mass is 9.73. The van der Waals surface area contributed by atoms with Crippen molar-refractivity contribution in [2.45, 2.75) is 65.6 Å². The standard InChI is InChI=1S/C21H34O6/c1-6-25-18(22)12-15-8-7-9-16(15)17(19(23)24-5)13-20(2,3)14-21(4)26-10-11-27-21/h9,15,17H,6-8,10-14H2,1-5H3. The molecule has 2 rings (SSSR count). The maximum atomic E-state index is 12.6. The molecule has 0 bridgehead atoms. The van der Waals surface area contributed by atoms with Gasteiger partial charge < -0.3 is 18.9 Å². The van der Waals surface area contributed by atoms with E-state index in [9.17, 15) is 9.59 Å². The third kappa shape index (κ3) is 6.04. The number of esters is 2. The molecule has 1 heterocycles. The molecule has 2 aliphatic rings.